The molecule has 0 amide bonds. The quantitative estimate of drug-likeness (QED) is 0.0750. The monoisotopic (exact) mass is 950 g/mol. The second-order valence-electron chi connectivity index (χ2n) is 10.5. The fourth-order valence-corrected chi connectivity index (χ4v) is 3.76. The second-order valence-corrected chi connectivity index (χ2v) is 11.6. The van der Waals surface area contributed by atoms with E-state index >= 15 is 0 Å². The molecule has 57 heavy (non-hydrogen) atoms. The van der Waals surface area contributed by atoms with Crippen LogP contribution in [0.1, 0.15) is 0 Å². The van der Waals surface area contributed by atoms with Crippen molar-refractivity contribution in [3.05, 3.63) is 24.3 Å². The molecule has 0 rings (SSSR count). The van der Waals surface area contributed by atoms with Crippen LogP contribution in [0.2, 0.25) is 0 Å². The molecule has 0 nitrogen and oxygen atoms in total. The molecule has 0 aromatic rings. The molecule has 0 aliphatic carbocycles. The van der Waals surface area contributed by atoms with Crippen molar-refractivity contribution in [1.29, 1.82) is 0 Å². The van der Waals surface area contributed by atoms with Crippen LogP contribution in [0.4, 0.5) is 149 Å². The zero-order valence-corrected chi connectivity index (χ0v) is 25.8. The van der Waals surface area contributed by atoms with Gasteiger partial charge >= 0.3 is 95.3 Å². The smallest absolute Gasteiger partial charge is 0.195 e. The van der Waals surface area contributed by atoms with E-state index < -0.39 is 143 Å². The van der Waals surface area contributed by atoms with E-state index in [1.807, 2.05) is 0 Å². The zero-order valence-electron chi connectivity index (χ0n) is 25.0. The van der Waals surface area contributed by atoms with Crippen molar-refractivity contribution in [2.24, 2.45) is 0 Å². The first-order valence-corrected chi connectivity index (χ1v) is 13.7. The Kier molecular flexibility index (Phi) is 13.9. The van der Waals surface area contributed by atoms with Gasteiger partial charge in [-0.2, -0.15) is 161 Å². The van der Waals surface area contributed by atoms with Gasteiger partial charge in [-0.15, -0.1) is 0 Å². The Balaban J connectivity index is 6.31. The van der Waals surface area contributed by atoms with Crippen LogP contribution in [0.3, 0.4) is 0 Å². The lowest BCUT2D eigenvalue weighted by atomic mass is 9.89. The van der Waals surface area contributed by atoms with E-state index in [2.05, 4.69) is 0 Å². The van der Waals surface area contributed by atoms with Gasteiger partial charge in [0.25, 0.3) is 0 Å². The molecule has 0 spiro atoms. The van der Waals surface area contributed by atoms with E-state index in [1.54, 1.807) is 0 Å². The SMILES string of the molecule is FC(F)(F)C(F)(F)C(F)(F)C(F)(F)C(F)(F)C(F)(F)C(F)(F)C(F)(F)C=CCSCC=CC(F)(F)C(F)(F)C(F)(F)C(F)(F)C(F)(F)C(F)(F)C(F)(F)C(F)(F)F. The summed E-state index contributed by atoms with van der Waals surface area (Å²) < 4.78 is 449. The summed E-state index contributed by atoms with van der Waals surface area (Å²) in [5.74, 6) is -122. The first-order valence-electron chi connectivity index (χ1n) is 12.6. The standard InChI is InChI=1S/C22H8F34S/c23-7(24,9(27,28)11(31,32)13(35,36)15(39,40)17(43,44)19(47,48)21(51,52)53)3-1-5-57-6-2-4-8(25,26)10(29,30)12(33,34)14(37,38)16(41,42)18(45,46)20(49,50)22(54,55)56/h1-4H,5-6H2. The van der Waals surface area contributed by atoms with Crippen molar-refractivity contribution >= 4 is 11.8 Å². The van der Waals surface area contributed by atoms with Crippen molar-refractivity contribution in [1.82, 2.24) is 0 Å². The Morgan fingerprint density at radius 1 is 0.228 bits per heavy atom. The fourth-order valence-electron chi connectivity index (χ4n) is 3.16. The predicted molar refractivity (Wildman–Crippen MR) is 117 cm³/mol. The summed E-state index contributed by atoms with van der Waals surface area (Å²) in [6, 6.07) is 0. The van der Waals surface area contributed by atoms with Crippen LogP contribution in [0.25, 0.3) is 0 Å². The average molecular weight is 950 g/mol. The lowest BCUT2D eigenvalue weighted by Gasteiger charge is -2.42. The largest absolute Gasteiger partial charge is 0.460 e. The third-order valence-corrected chi connectivity index (χ3v) is 7.43. The van der Waals surface area contributed by atoms with E-state index in [-0.39, 0.29) is 0 Å². The fraction of sp³-hybridized carbons (Fsp3) is 0.818. The van der Waals surface area contributed by atoms with Gasteiger partial charge in [0.05, 0.1) is 0 Å². The van der Waals surface area contributed by atoms with Gasteiger partial charge in [-0.25, -0.2) is 0 Å². The van der Waals surface area contributed by atoms with E-state index in [0.717, 1.165) is 0 Å². The van der Waals surface area contributed by atoms with Gasteiger partial charge in [0, 0.05) is 11.5 Å². The number of rotatable bonds is 18. The molecule has 35 heteroatoms. The molecule has 0 aliphatic heterocycles. The minimum absolute atomic E-state index is 0.612. The van der Waals surface area contributed by atoms with Crippen LogP contribution >= 0.6 is 11.8 Å². The summed E-state index contributed by atoms with van der Waals surface area (Å²) in [7, 11) is 0. The molecule has 0 atom stereocenters. The predicted octanol–water partition coefficient (Wildman–Crippen LogP) is 12.9. The van der Waals surface area contributed by atoms with Gasteiger partial charge in [0.15, 0.2) is 0 Å². The van der Waals surface area contributed by atoms with Crippen molar-refractivity contribution in [2.45, 2.75) is 95.3 Å². The number of allylic oxidation sites excluding steroid dienone is 2. The Bertz CT molecular complexity index is 1350. The minimum Gasteiger partial charge on any atom is -0.195 e. The Morgan fingerprint density at radius 2 is 0.386 bits per heavy atom. The molecule has 0 aromatic heterocycles. The van der Waals surface area contributed by atoms with Crippen LogP contribution in [0.15, 0.2) is 24.3 Å². The van der Waals surface area contributed by atoms with Crippen molar-refractivity contribution in [2.75, 3.05) is 11.5 Å². The molecular weight excluding hydrogens is 942 g/mol. The van der Waals surface area contributed by atoms with Crippen molar-refractivity contribution in [3.63, 3.8) is 0 Å². The summed E-state index contributed by atoms with van der Waals surface area (Å²) >= 11 is -0.612. The minimum atomic E-state index is -8.99. The topological polar surface area (TPSA) is 0 Å². The molecule has 0 aliphatic rings. The maximum Gasteiger partial charge on any atom is 0.460 e. The molecule has 0 radical (unpaired) electrons. The van der Waals surface area contributed by atoms with E-state index in [9.17, 15) is 149 Å². The van der Waals surface area contributed by atoms with Gasteiger partial charge in [-0.1, -0.05) is 12.2 Å². The molecule has 0 unspecified atom stereocenters. The number of halogens is 34. The van der Waals surface area contributed by atoms with Crippen molar-refractivity contribution in [3.8, 4) is 0 Å². The van der Waals surface area contributed by atoms with Crippen LogP contribution in [-0.2, 0) is 0 Å². The van der Waals surface area contributed by atoms with Crippen LogP contribution in [0, 0.1) is 0 Å². The summed E-state index contributed by atoms with van der Waals surface area (Å²) in [6.45, 7) is 0. The molecule has 0 N–H and O–H groups in total. The third-order valence-electron chi connectivity index (χ3n) is 6.58. The number of thioether (sulfide) groups is 1. The lowest BCUT2D eigenvalue weighted by molar-refractivity contribution is -0.459. The number of hydrogen-bond donors (Lipinski definition) is 0. The highest BCUT2D eigenvalue weighted by Crippen LogP contribution is 2.66. The van der Waals surface area contributed by atoms with Crippen LogP contribution in [0.5, 0.6) is 0 Å². The lowest BCUT2D eigenvalue weighted by Crippen LogP contribution is -2.74. The van der Waals surface area contributed by atoms with Crippen molar-refractivity contribution < 1.29 is 149 Å². The second kappa shape index (κ2) is 14.6. The summed E-state index contributed by atoms with van der Waals surface area (Å²) in [6.07, 6.45) is -21.3. The first kappa shape index (κ1) is 54.5. The molecule has 0 saturated carbocycles. The van der Waals surface area contributed by atoms with Gasteiger partial charge < -0.3 is 0 Å². The Hall–Kier alpha value is -2.55. The molecule has 0 aromatic carbocycles. The first-order chi connectivity index (χ1) is 24.2. The Morgan fingerprint density at radius 3 is 0.561 bits per heavy atom. The molecule has 0 bridgehead atoms. The third kappa shape index (κ3) is 7.71. The van der Waals surface area contributed by atoms with Gasteiger partial charge in [0.1, 0.15) is 0 Å². The summed E-state index contributed by atoms with van der Waals surface area (Å²) in [4.78, 5) is 0. The molecule has 0 saturated heterocycles. The maximum atomic E-state index is 13.7. The van der Waals surface area contributed by atoms with Gasteiger partial charge in [-0.3, -0.25) is 0 Å². The molecule has 0 heterocycles. The molecule has 340 valence electrons. The van der Waals surface area contributed by atoms with E-state index in [0.29, 0.717) is 0 Å². The highest BCUT2D eigenvalue weighted by atomic mass is 32.2. The average Bonchev–Trinajstić information content (AvgIpc) is 2.98. The van der Waals surface area contributed by atoms with E-state index in [4.69, 9.17) is 0 Å². The van der Waals surface area contributed by atoms with E-state index in [1.165, 1.54) is 0 Å². The summed E-state index contributed by atoms with van der Waals surface area (Å²) in [5, 5.41) is 0. The molecule has 0 fully saturated rings. The number of alkyl halides is 34. The maximum absolute atomic E-state index is 13.7. The van der Waals surface area contributed by atoms with Gasteiger partial charge in [-0.05, 0) is 12.2 Å². The Labute approximate surface area is 293 Å². The highest BCUT2D eigenvalue weighted by Gasteiger charge is 2.96. The van der Waals surface area contributed by atoms with Crippen LogP contribution < -0.4 is 0 Å². The highest BCUT2D eigenvalue weighted by molar-refractivity contribution is 7.99. The van der Waals surface area contributed by atoms with Crippen LogP contribution in [-0.4, -0.2) is 107 Å². The normalized spacial score (nSPS) is 17.0. The van der Waals surface area contributed by atoms with Gasteiger partial charge in [0.2, 0.25) is 0 Å². The zero-order chi connectivity index (χ0) is 46.9. The summed E-state index contributed by atoms with van der Waals surface area (Å²) in [5.41, 5.74) is 0. The number of hydrogen-bond acceptors (Lipinski definition) is 1. The molecular formula is C22H8F34S.